The van der Waals surface area contributed by atoms with Crippen molar-refractivity contribution in [2.75, 3.05) is 26.9 Å². The summed E-state index contributed by atoms with van der Waals surface area (Å²) in [5, 5.41) is -0.854. The van der Waals surface area contributed by atoms with Crippen LogP contribution in [-0.2, 0) is 41.8 Å². The zero-order valence-corrected chi connectivity index (χ0v) is 23.8. The summed E-state index contributed by atoms with van der Waals surface area (Å²) in [5.41, 5.74) is 0. The number of carbonyl (C=O) groups excluding carboxylic acids is 2. The Balaban J connectivity index is 0.000000908. The van der Waals surface area contributed by atoms with Crippen molar-refractivity contribution in [1.29, 1.82) is 0 Å². The van der Waals surface area contributed by atoms with Crippen LogP contribution in [0.15, 0.2) is 12.2 Å². The molecule has 1 rings (SSSR count). The normalized spacial score (nSPS) is 18.2. The predicted molar refractivity (Wildman–Crippen MR) is 128 cm³/mol. The van der Waals surface area contributed by atoms with Gasteiger partial charge in [0.1, 0.15) is 11.5 Å². The number of rotatable bonds is 16. The van der Waals surface area contributed by atoms with E-state index >= 15 is 0 Å². The quantitative estimate of drug-likeness (QED) is 0.0681. The van der Waals surface area contributed by atoms with Crippen LogP contribution >= 0.6 is 32.0 Å². The number of ether oxygens (including phenoxy) is 2. The van der Waals surface area contributed by atoms with E-state index in [0.29, 0.717) is 6.42 Å². The highest BCUT2D eigenvalue weighted by atomic mass is 31.2. The van der Waals surface area contributed by atoms with Gasteiger partial charge in [0.15, 0.2) is 6.29 Å². The van der Waals surface area contributed by atoms with Crippen LogP contribution in [-0.4, -0.2) is 95.6 Å². The highest BCUT2D eigenvalue weighted by Crippen LogP contribution is 2.51. The Kier molecular flexibility index (Phi) is 16.4. The Labute approximate surface area is 214 Å². The molecule has 7 N–H and O–H groups in total. The number of carbonyl (C=O) groups is 2. The first-order valence-corrected chi connectivity index (χ1v) is 16.2. The average molecular weight is 619 g/mol. The van der Waals surface area contributed by atoms with Gasteiger partial charge in [0.25, 0.3) is 11.8 Å². The van der Waals surface area contributed by atoms with E-state index in [2.05, 4.69) is 9.05 Å². The molecule has 0 radical (unpaired) electrons. The first-order valence-electron chi connectivity index (χ1n) is 10.4. The molecule has 5 unspecified atom stereocenters. The molecule has 0 spiro atoms. The molecule has 0 aromatic carbocycles. The Hall–Kier alpha value is -0.440. The number of hydrogen-bond donors (Lipinski definition) is 7. The van der Waals surface area contributed by atoms with Crippen LogP contribution in [0, 0.1) is 5.92 Å². The van der Waals surface area contributed by atoms with Gasteiger partial charge in [0, 0.05) is 28.1 Å². The van der Waals surface area contributed by atoms with E-state index in [1.165, 1.54) is 0 Å². The Morgan fingerprint density at radius 2 is 1.54 bits per heavy atom. The summed E-state index contributed by atoms with van der Waals surface area (Å²) in [6, 6.07) is 0. The minimum Gasteiger partial charge on any atom is -0.376 e. The van der Waals surface area contributed by atoms with Crippen LogP contribution in [0.1, 0.15) is 26.7 Å². The number of nitrogens with zero attached hydrogens (tertiary/aromatic N) is 1. The molecule has 0 aliphatic carbocycles. The third kappa shape index (κ3) is 16.3. The van der Waals surface area contributed by atoms with Crippen LogP contribution < -0.4 is 0 Å². The molecule has 0 fully saturated rings. The number of phosphoric acid groups is 2. The highest BCUT2D eigenvalue weighted by molar-refractivity contribution is 7.63. The second-order valence-corrected chi connectivity index (χ2v) is 13.2. The monoisotopic (exact) mass is 619 g/mol. The fourth-order valence-electron chi connectivity index (χ4n) is 2.56. The molecule has 1 heterocycles. The molecule has 1 aliphatic heterocycles. The van der Waals surface area contributed by atoms with Crippen LogP contribution in [0.3, 0.4) is 0 Å². The molecule has 0 aromatic rings. The Bertz CT molecular complexity index is 879. The second kappa shape index (κ2) is 16.6. The molecule has 1 aliphatic rings. The van der Waals surface area contributed by atoms with Crippen molar-refractivity contribution < 1.29 is 76.1 Å². The van der Waals surface area contributed by atoms with Gasteiger partial charge in [-0.25, -0.2) is 9.13 Å². The third-order valence-corrected chi connectivity index (χ3v) is 8.53. The molecular formula is C16H33NO16P4. The molecule has 37 heavy (non-hydrogen) atoms. The van der Waals surface area contributed by atoms with Gasteiger partial charge >= 0.3 is 23.2 Å². The van der Waals surface area contributed by atoms with Crippen LogP contribution in [0.4, 0.5) is 0 Å². The summed E-state index contributed by atoms with van der Waals surface area (Å²) >= 11 is 0. The van der Waals surface area contributed by atoms with Gasteiger partial charge in [0.05, 0.1) is 19.8 Å². The Morgan fingerprint density at radius 1 is 1.00 bits per heavy atom. The summed E-state index contributed by atoms with van der Waals surface area (Å²) in [6.45, 7) is 2.43. The van der Waals surface area contributed by atoms with Crippen LogP contribution in [0.25, 0.3) is 0 Å². The fraction of sp³-hybridized carbons (Fsp3) is 0.750. The van der Waals surface area contributed by atoms with Gasteiger partial charge in [-0.15, -0.1) is 0 Å². The molecule has 0 saturated carbocycles. The minimum absolute atomic E-state index is 0.188. The van der Waals surface area contributed by atoms with Gasteiger partial charge in [-0.2, -0.15) is 0 Å². The lowest BCUT2D eigenvalue weighted by Crippen LogP contribution is -2.39. The number of amides is 2. The summed E-state index contributed by atoms with van der Waals surface area (Å²) < 4.78 is 50.9. The van der Waals surface area contributed by atoms with Crippen molar-refractivity contribution in [3.8, 4) is 0 Å². The zero-order chi connectivity index (χ0) is 29.0. The summed E-state index contributed by atoms with van der Waals surface area (Å²) in [5.74, 6) is -0.867. The van der Waals surface area contributed by atoms with E-state index < -0.39 is 68.3 Å². The number of imide groups is 1. The van der Waals surface area contributed by atoms with Crippen molar-refractivity contribution in [2.24, 2.45) is 5.92 Å². The Morgan fingerprint density at radius 3 is 1.92 bits per heavy atom. The molecule has 17 nitrogen and oxygen atoms in total. The third-order valence-electron chi connectivity index (χ3n) is 4.59. The van der Waals surface area contributed by atoms with E-state index in [9.17, 15) is 23.3 Å². The van der Waals surface area contributed by atoms with Crippen molar-refractivity contribution in [1.82, 2.24) is 4.90 Å². The molecule has 5 atom stereocenters. The van der Waals surface area contributed by atoms with E-state index in [-0.39, 0.29) is 19.1 Å². The smallest absolute Gasteiger partial charge is 0.376 e. The van der Waals surface area contributed by atoms with Gasteiger partial charge in [-0.05, 0) is 12.3 Å². The summed E-state index contributed by atoms with van der Waals surface area (Å²) in [6.07, 6.45) is 0.172. The van der Waals surface area contributed by atoms with E-state index in [1.54, 1.807) is 0 Å². The largest absolute Gasteiger partial charge is 0.470 e. The lowest BCUT2D eigenvalue weighted by Gasteiger charge is -2.26. The number of phosphoric ester groups is 2. The van der Waals surface area contributed by atoms with Crippen molar-refractivity contribution in [2.45, 2.75) is 44.5 Å². The molecule has 0 saturated heterocycles. The fourth-order valence-corrected chi connectivity index (χ4v) is 5.16. The van der Waals surface area contributed by atoms with Gasteiger partial charge in [-0.1, -0.05) is 20.3 Å². The first kappa shape index (κ1) is 36.6. The van der Waals surface area contributed by atoms with E-state index in [0.717, 1.165) is 30.6 Å². The van der Waals surface area contributed by atoms with Gasteiger partial charge < -0.3 is 43.7 Å². The van der Waals surface area contributed by atoms with Crippen molar-refractivity contribution in [3.05, 3.63) is 12.2 Å². The molecule has 21 heteroatoms. The molecule has 218 valence electrons. The SMILES string of the molecule is CCC(C)CC(PO)P(=O)(O)O.COC(OCCN1C(=O)C=CC1=O)C(COP(=O)(O)O)OP(=O)(O)O. The highest BCUT2D eigenvalue weighted by Gasteiger charge is 2.33. The minimum atomic E-state index is -5.07. The zero-order valence-electron chi connectivity index (χ0n) is 20.1. The molecule has 0 bridgehead atoms. The maximum Gasteiger partial charge on any atom is 0.470 e. The lowest BCUT2D eigenvalue weighted by atomic mass is 10.1. The summed E-state index contributed by atoms with van der Waals surface area (Å²) in [4.78, 5) is 84.9. The van der Waals surface area contributed by atoms with E-state index in [4.69, 9.17) is 43.7 Å². The van der Waals surface area contributed by atoms with Crippen molar-refractivity contribution >= 4 is 43.9 Å². The second-order valence-electron chi connectivity index (χ2n) is 7.54. The number of hydrogen-bond acceptors (Lipinski definition) is 10. The lowest BCUT2D eigenvalue weighted by molar-refractivity contribution is -0.185. The van der Waals surface area contributed by atoms with Crippen LogP contribution in [0.2, 0.25) is 0 Å². The van der Waals surface area contributed by atoms with Gasteiger partial charge in [0.2, 0.25) is 0 Å². The maximum atomic E-state index is 11.4. The molecule has 2 amide bonds. The van der Waals surface area contributed by atoms with Crippen molar-refractivity contribution in [3.63, 3.8) is 0 Å². The van der Waals surface area contributed by atoms with Gasteiger partial charge in [-0.3, -0.25) is 28.1 Å². The average Bonchev–Trinajstić information content (AvgIpc) is 3.08. The standard InChI is InChI=1S/C10H17NO12P2.C6H16O4P2/c1-20-10(21-5-4-11-8(12)2-3-9(11)13)7(23-25(17,18)19)6-22-24(14,15)16;1-3-5(2)4-6(11-7)12(8,9)10/h2-3,7,10H,4-6H2,1H3,(H2,14,15,16)(H2,17,18,19);5-7,11H,3-4H2,1-2H3,(H2,8,9,10). The predicted octanol–water partition coefficient (Wildman–Crippen LogP) is -0.000100. The first-order chi connectivity index (χ1) is 16.8. The van der Waals surface area contributed by atoms with Crippen LogP contribution in [0.5, 0.6) is 0 Å². The maximum absolute atomic E-state index is 11.4. The number of methoxy groups -OCH3 is 1. The molecular weight excluding hydrogens is 586 g/mol. The summed E-state index contributed by atoms with van der Waals surface area (Å²) in [7, 11) is -13.7. The topological polar surface area (TPSA) is 267 Å². The molecule has 0 aromatic heterocycles. The van der Waals surface area contributed by atoms with E-state index in [1.807, 2.05) is 13.8 Å².